The molecule has 0 bridgehead atoms. The van der Waals surface area contributed by atoms with E-state index in [9.17, 15) is 13.2 Å². The number of carbonyl (C=O) groups excluding carboxylic acids is 1. The number of benzene rings is 3. The van der Waals surface area contributed by atoms with Gasteiger partial charge in [0.2, 0.25) is 0 Å². The van der Waals surface area contributed by atoms with Gasteiger partial charge in [-0.2, -0.15) is 0 Å². The number of hydrogen-bond acceptors (Lipinski definition) is 7. The highest BCUT2D eigenvalue weighted by Crippen LogP contribution is 2.35. The Hall–Kier alpha value is -3.02. The maximum Gasteiger partial charge on any atom is 0.264 e. The Bertz CT molecular complexity index is 1680. The quantitative estimate of drug-likeness (QED) is 0.266. The monoisotopic (exact) mass is 610 g/mol. The maximum atomic E-state index is 13.9. The number of carbonyl (C=O) groups is 1. The number of thiazole rings is 1. The Balaban J connectivity index is 1.26. The highest BCUT2D eigenvalue weighted by Gasteiger charge is 2.31. The minimum Gasteiger partial charge on any atom is -0.379 e. The molecule has 3 heterocycles. The molecule has 3 aromatic carbocycles. The summed E-state index contributed by atoms with van der Waals surface area (Å²) in [4.78, 5) is 22.9. The lowest BCUT2D eigenvalue weighted by Gasteiger charge is -2.27. The number of aromatic nitrogens is 1. The molecule has 0 aliphatic carbocycles. The summed E-state index contributed by atoms with van der Waals surface area (Å²) in [5.41, 5.74) is 3.81. The molecule has 0 atom stereocenters. The molecule has 41 heavy (non-hydrogen) atoms. The number of nitrogens with zero attached hydrogens (tertiary/aromatic N) is 4. The van der Waals surface area contributed by atoms with Crippen LogP contribution in [-0.2, 0) is 21.2 Å². The standard InChI is InChI=1S/C30H31ClN4O4S2/c1-21-25(31)11-12-27-28(21)32-30(40-27)34(15-4-14-33-17-19-39-20-18-33)29(36)23-7-9-24(10-8-23)41(37,38)35-16-13-22-5-2-3-6-26(22)35/h2-3,5-12H,4,13-20H2,1H3. The smallest absolute Gasteiger partial charge is 0.264 e. The first kappa shape index (κ1) is 28.1. The largest absolute Gasteiger partial charge is 0.379 e. The average molecular weight is 611 g/mol. The van der Waals surface area contributed by atoms with Crippen LogP contribution in [0.15, 0.2) is 65.6 Å². The molecule has 11 heteroatoms. The maximum absolute atomic E-state index is 13.9. The molecule has 1 amide bonds. The molecular formula is C30H31ClN4O4S2. The van der Waals surface area contributed by atoms with Gasteiger partial charge < -0.3 is 4.74 Å². The molecule has 0 unspecified atom stereocenters. The molecule has 0 radical (unpaired) electrons. The Labute approximate surface area is 249 Å². The molecule has 4 aromatic rings. The number of anilines is 2. The van der Waals surface area contributed by atoms with Crippen molar-refractivity contribution >= 4 is 59.9 Å². The summed E-state index contributed by atoms with van der Waals surface area (Å²) in [7, 11) is -3.75. The van der Waals surface area contributed by atoms with Gasteiger partial charge in [0.15, 0.2) is 5.13 Å². The van der Waals surface area contributed by atoms with E-state index in [0.717, 1.165) is 60.6 Å². The van der Waals surface area contributed by atoms with E-state index in [2.05, 4.69) is 4.90 Å². The van der Waals surface area contributed by atoms with Crippen LogP contribution >= 0.6 is 22.9 Å². The molecule has 0 N–H and O–H groups in total. The van der Waals surface area contributed by atoms with Crippen LogP contribution in [0.4, 0.5) is 10.8 Å². The van der Waals surface area contributed by atoms with Gasteiger partial charge in [-0.15, -0.1) is 0 Å². The van der Waals surface area contributed by atoms with Crippen LogP contribution in [0, 0.1) is 6.92 Å². The third-order valence-corrected chi connectivity index (χ3v) is 11.0. The van der Waals surface area contributed by atoms with Crippen molar-refractivity contribution in [1.82, 2.24) is 9.88 Å². The van der Waals surface area contributed by atoms with E-state index in [1.165, 1.54) is 27.8 Å². The van der Waals surface area contributed by atoms with E-state index in [4.69, 9.17) is 21.3 Å². The van der Waals surface area contributed by atoms with Gasteiger partial charge in [-0.3, -0.25) is 18.9 Å². The lowest BCUT2D eigenvalue weighted by Crippen LogP contribution is -2.39. The third kappa shape index (κ3) is 5.59. The molecule has 6 rings (SSSR count). The van der Waals surface area contributed by atoms with Gasteiger partial charge in [0.1, 0.15) is 0 Å². The first-order valence-corrected chi connectivity index (χ1v) is 16.3. The molecule has 0 spiro atoms. The van der Waals surface area contributed by atoms with Crippen molar-refractivity contribution in [3.8, 4) is 0 Å². The zero-order valence-electron chi connectivity index (χ0n) is 22.8. The highest BCUT2D eigenvalue weighted by molar-refractivity contribution is 7.92. The fourth-order valence-electron chi connectivity index (χ4n) is 5.38. The number of aryl methyl sites for hydroxylation is 1. The molecule has 8 nitrogen and oxygen atoms in total. The topological polar surface area (TPSA) is 83.0 Å². The predicted molar refractivity (Wildman–Crippen MR) is 164 cm³/mol. The van der Waals surface area contributed by atoms with Crippen LogP contribution in [0.5, 0.6) is 0 Å². The van der Waals surface area contributed by atoms with E-state index >= 15 is 0 Å². The van der Waals surface area contributed by atoms with Crippen molar-refractivity contribution < 1.29 is 17.9 Å². The number of fused-ring (bicyclic) bond motifs is 2. The number of rotatable bonds is 8. The molecule has 2 aliphatic heterocycles. The SMILES string of the molecule is Cc1c(Cl)ccc2sc(N(CCCN3CCOCC3)C(=O)c3ccc(S(=O)(=O)N4CCc5ccccc54)cc3)nc12. The number of amides is 1. The second-order valence-corrected chi connectivity index (χ2v) is 13.5. The summed E-state index contributed by atoms with van der Waals surface area (Å²) < 4.78 is 34.8. The lowest BCUT2D eigenvalue weighted by molar-refractivity contribution is 0.0376. The number of sulfonamides is 1. The third-order valence-electron chi connectivity index (χ3n) is 7.71. The minimum atomic E-state index is -3.75. The molecule has 1 saturated heterocycles. The summed E-state index contributed by atoms with van der Waals surface area (Å²) in [5.74, 6) is -0.217. The van der Waals surface area contributed by atoms with Gasteiger partial charge in [-0.1, -0.05) is 41.1 Å². The Kier molecular flexibility index (Phi) is 8.02. The first-order chi connectivity index (χ1) is 19.8. The molecule has 1 aromatic heterocycles. The summed E-state index contributed by atoms with van der Waals surface area (Å²) >= 11 is 7.80. The van der Waals surface area contributed by atoms with Crippen molar-refractivity contribution in [3.05, 3.63) is 82.4 Å². The average Bonchev–Trinajstić information content (AvgIpc) is 3.63. The summed E-state index contributed by atoms with van der Waals surface area (Å²) in [5, 5.41) is 1.24. The lowest BCUT2D eigenvalue weighted by atomic mass is 10.2. The van der Waals surface area contributed by atoms with Crippen molar-refractivity contribution in [2.24, 2.45) is 0 Å². The number of hydrogen-bond donors (Lipinski definition) is 0. The first-order valence-electron chi connectivity index (χ1n) is 13.7. The van der Waals surface area contributed by atoms with E-state index in [-0.39, 0.29) is 10.8 Å². The van der Waals surface area contributed by atoms with Crippen LogP contribution in [-0.4, -0.2) is 70.1 Å². The Morgan fingerprint density at radius 2 is 1.80 bits per heavy atom. The highest BCUT2D eigenvalue weighted by atomic mass is 35.5. The van der Waals surface area contributed by atoms with Crippen LogP contribution in [0.3, 0.4) is 0 Å². The molecule has 1 fully saturated rings. The molecule has 2 aliphatic rings. The number of para-hydroxylation sites is 1. The number of halogens is 1. The van der Waals surface area contributed by atoms with Crippen LogP contribution in [0.2, 0.25) is 5.02 Å². The fourth-order valence-corrected chi connectivity index (χ4v) is 8.08. The van der Waals surface area contributed by atoms with Crippen molar-refractivity contribution in [2.45, 2.75) is 24.7 Å². The van der Waals surface area contributed by atoms with Crippen molar-refractivity contribution in [1.29, 1.82) is 0 Å². The molecule has 0 saturated carbocycles. The van der Waals surface area contributed by atoms with Gasteiger partial charge in [-0.05, 0) is 73.4 Å². The van der Waals surface area contributed by atoms with Crippen LogP contribution in [0.1, 0.15) is 27.9 Å². The summed E-state index contributed by atoms with van der Waals surface area (Å²) in [6.07, 6.45) is 1.44. The van der Waals surface area contributed by atoms with Gasteiger partial charge in [0.25, 0.3) is 15.9 Å². The van der Waals surface area contributed by atoms with E-state index < -0.39 is 10.0 Å². The minimum absolute atomic E-state index is 0.162. The second-order valence-electron chi connectivity index (χ2n) is 10.3. The molecular weight excluding hydrogens is 580 g/mol. The second kappa shape index (κ2) is 11.7. The normalized spacial score (nSPS) is 15.8. The number of ether oxygens (including phenoxy) is 1. The van der Waals surface area contributed by atoms with E-state index in [0.29, 0.717) is 40.9 Å². The number of morpholine rings is 1. The summed E-state index contributed by atoms with van der Waals surface area (Å²) in [6, 6.07) is 17.6. The van der Waals surface area contributed by atoms with Crippen LogP contribution < -0.4 is 9.21 Å². The van der Waals surface area contributed by atoms with Gasteiger partial charge in [0, 0.05) is 43.3 Å². The Morgan fingerprint density at radius 1 is 1.05 bits per heavy atom. The zero-order valence-corrected chi connectivity index (χ0v) is 25.1. The van der Waals surface area contributed by atoms with Gasteiger partial charge in [0.05, 0.1) is 34.0 Å². The predicted octanol–water partition coefficient (Wildman–Crippen LogP) is 5.38. The summed E-state index contributed by atoms with van der Waals surface area (Å²) in [6.45, 7) is 6.86. The van der Waals surface area contributed by atoms with E-state index in [1.807, 2.05) is 43.3 Å². The fraction of sp³-hybridized carbons (Fsp3) is 0.333. The van der Waals surface area contributed by atoms with Crippen LogP contribution in [0.25, 0.3) is 10.2 Å². The van der Waals surface area contributed by atoms with Gasteiger partial charge >= 0.3 is 0 Å². The Morgan fingerprint density at radius 3 is 2.59 bits per heavy atom. The van der Waals surface area contributed by atoms with Crippen molar-refractivity contribution in [3.63, 3.8) is 0 Å². The van der Waals surface area contributed by atoms with E-state index in [1.54, 1.807) is 17.0 Å². The zero-order chi connectivity index (χ0) is 28.6. The molecule has 214 valence electrons. The van der Waals surface area contributed by atoms with Gasteiger partial charge in [-0.25, -0.2) is 13.4 Å². The van der Waals surface area contributed by atoms with Crippen molar-refractivity contribution in [2.75, 3.05) is 55.1 Å².